The van der Waals surface area contributed by atoms with Crippen LogP contribution in [0.25, 0.3) is 0 Å². The summed E-state index contributed by atoms with van der Waals surface area (Å²) in [5.74, 6) is -0.992. The van der Waals surface area contributed by atoms with Gasteiger partial charge in [-0.15, -0.1) is 0 Å². The van der Waals surface area contributed by atoms with Gasteiger partial charge in [0.15, 0.2) is 5.78 Å². The van der Waals surface area contributed by atoms with Crippen LogP contribution in [0.3, 0.4) is 0 Å². The van der Waals surface area contributed by atoms with Crippen LogP contribution in [0.4, 0.5) is 21.0 Å². The number of hydrogen-bond acceptors (Lipinski definition) is 9. The van der Waals surface area contributed by atoms with Crippen molar-refractivity contribution in [1.82, 2.24) is 10.9 Å². The third kappa shape index (κ3) is 15.2. The SMILES string of the molecule is CC(C)(C)OC(=O)NNc1cccc(C(=O)O)c1.COCCCC(=O)c1cccc(NNC(=O)OC(C)(C)C)c1. The van der Waals surface area contributed by atoms with Crippen molar-refractivity contribution in [3.63, 3.8) is 0 Å². The number of hydrogen-bond donors (Lipinski definition) is 5. The molecule has 0 aliphatic rings. The van der Waals surface area contributed by atoms with Gasteiger partial charge in [0, 0.05) is 25.7 Å². The molecule has 12 nitrogen and oxygen atoms in total. The summed E-state index contributed by atoms with van der Waals surface area (Å²) >= 11 is 0. The van der Waals surface area contributed by atoms with E-state index in [0.717, 1.165) is 0 Å². The standard InChI is InChI=1S/C16H24N2O4.C12H16N2O4/c1-16(2,3)22-15(20)18-17-13-8-5-7-12(11-13)14(19)9-6-10-21-4;1-12(2,3)18-11(17)14-13-9-6-4-5-8(7-9)10(15)16/h5,7-8,11,17H,6,9-10H2,1-4H3,(H,18,20);4-7,13H,1-3H3,(H,14,17)(H,15,16). The average molecular weight is 561 g/mol. The first kappa shape index (κ1) is 33.7. The predicted molar refractivity (Wildman–Crippen MR) is 151 cm³/mol. The number of methoxy groups -OCH3 is 1. The fourth-order valence-electron chi connectivity index (χ4n) is 2.88. The monoisotopic (exact) mass is 560 g/mol. The largest absolute Gasteiger partial charge is 0.478 e. The molecule has 5 N–H and O–H groups in total. The van der Waals surface area contributed by atoms with E-state index in [1.54, 1.807) is 85.1 Å². The second kappa shape index (κ2) is 15.9. The number of ether oxygens (including phenoxy) is 3. The highest BCUT2D eigenvalue weighted by atomic mass is 16.6. The Hall–Kier alpha value is -4.32. The fourth-order valence-corrected chi connectivity index (χ4v) is 2.88. The molecule has 0 saturated carbocycles. The number of rotatable bonds is 10. The van der Waals surface area contributed by atoms with Crippen LogP contribution in [0.1, 0.15) is 75.1 Å². The van der Waals surface area contributed by atoms with Gasteiger partial charge in [0.1, 0.15) is 11.2 Å². The summed E-state index contributed by atoms with van der Waals surface area (Å²) in [6.45, 7) is 11.2. The van der Waals surface area contributed by atoms with Gasteiger partial charge in [0.25, 0.3) is 0 Å². The highest BCUT2D eigenvalue weighted by molar-refractivity contribution is 5.96. The molecule has 0 bridgehead atoms. The lowest BCUT2D eigenvalue weighted by molar-refractivity contribution is 0.0529. The van der Waals surface area contributed by atoms with Crippen molar-refractivity contribution in [1.29, 1.82) is 0 Å². The average Bonchev–Trinajstić information content (AvgIpc) is 2.85. The highest BCUT2D eigenvalue weighted by Gasteiger charge is 2.17. The molecule has 0 aromatic heterocycles. The van der Waals surface area contributed by atoms with Crippen LogP contribution in [-0.2, 0) is 14.2 Å². The third-order valence-electron chi connectivity index (χ3n) is 4.46. The van der Waals surface area contributed by atoms with Crippen molar-refractivity contribution in [3.05, 3.63) is 59.7 Å². The molecular weight excluding hydrogens is 520 g/mol. The number of carbonyl (C=O) groups excluding carboxylic acids is 3. The molecule has 0 spiro atoms. The second-order valence-corrected chi connectivity index (χ2v) is 10.5. The van der Waals surface area contributed by atoms with Crippen LogP contribution < -0.4 is 21.7 Å². The lowest BCUT2D eigenvalue weighted by Crippen LogP contribution is -2.35. The van der Waals surface area contributed by atoms with Crippen molar-refractivity contribution in [2.24, 2.45) is 0 Å². The Morgan fingerprint density at radius 3 is 1.62 bits per heavy atom. The number of anilines is 2. The Bertz CT molecular complexity index is 1140. The van der Waals surface area contributed by atoms with Crippen LogP contribution in [-0.4, -0.2) is 54.0 Å². The number of carboxylic acids is 1. The smallest absolute Gasteiger partial charge is 0.426 e. The molecule has 0 aliphatic carbocycles. The molecule has 0 saturated heterocycles. The van der Waals surface area contributed by atoms with Crippen molar-refractivity contribution < 1.29 is 38.5 Å². The van der Waals surface area contributed by atoms with E-state index in [1.807, 2.05) is 0 Å². The third-order valence-corrected chi connectivity index (χ3v) is 4.46. The number of carbonyl (C=O) groups is 4. The molecule has 0 aliphatic heterocycles. The molecule has 2 aromatic carbocycles. The summed E-state index contributed by atoms with van der Waals surface area (Å²) in [4.78, 5) is 45.6. The summed E-state index contributed by atoms with van der Waals surface area (Å²) in [7, 11) is 1.61. The van der Waals surface area contributed by atoms with Crippen molar-refractivity contribution in [3.8, 4) is 0 Å². The number of aromatic carboxylic acids is 1. The Kier molecular flexibility index (Phi) is 13.4. The number of carboxylic acid groups (broad SMARTS) is 1. The van der Waals surface area contributed by atoms with Crippen molar-refractivity contribution in [2.75, 3.05) is 24.6 Å². The van der Waals surface area contributed by atoms with Gasteiger partial charge in [-0.25, -0.2) is 25.2 Å². The topological polar surface area (TPSA) is 164 Å². The van der Waals surface area contributed by atoms with E-state index < -0.39 is 29.4 Å². The lowest BCUT2D eigenvalue weighted by Gasteiger charge is -2.20. The van der Waals surface area contributed by atoms with Crippen molar-refractivity contribution >= 4 is 35.3 Å². The van der Waals surface area contributed by atoms with Gasteiger partial charge >= 0.3 is 18.2 Å². The molecule has 0 radical (unpaired) electrons. The molecule has 2 rings (SSSR count). The normalized spacial score (nSPS) is 10.8. The minimum atomic E-state index is -1.03. The first-order valence-corrected chi connectivity index (χ1v) is 12.5. The zero-order chi connectivity index (χ0) is 30.3. The van der Waals surface area contributed by atoms with Crippen LogP contribution in [0, 0.1) is 0 Å². The Labute approximate surface area is 234 Å². The molecule has 0 heterocycles. The quantitative estimate of drug-likeness (QED) is 0.145. The Morgan fingerprint density at radius 1 is 0.750 bits per heavy atom. The van der Waals surface area contributed by atoms with E-state index in [2.05, 4.69) is 21.7 Å². The van der Waals surface area contributed by atoms with Crippen LogP contribution >= 0.6 is 0 Å². The number of nitrogens with one attached hydrogen (secondary N) is 4. The zero-order valence-corrected chi connectivity index (χ0v) is 24.0. The molecule has 40 heavy (non-hydrogen) atoms. The molecule has 220 valence electrons. The Balaban J connectivity index is 0.000000408. The molecule has 0 atom stereocenters. The predicted octanol–water partition coefficient (Wildman–Crippen LogP) is 5.38. The molecule has 2 aromatic rings. The van der Waals surface area contributed by atoms with Crippen LogP contribution in [0.5, 0.6) is 0 Å². The van der Waals surface area contributed by atoms with E-state index in [-0.39, 0.29) is 11.3 Å². The van der Waals surface area contributed by atoms with E-state index in [9.17, 15) is 19.2 Å². The van der Waals surface area contributed by atoms with E-state index in [0.29, 0.717) is 36.4 Å². The van der Waals surface area contributed by atoms with Crippen LogP contribution in [0.15, 0.2) is 48.5 Å². The summed E-state index contributed by atoms with van der Waals surface area (Å²) in [5, 5.41) is 8.80. The van der Waals surface area contributed by atoms with Crippen LogP contribution in [0.2, 0.25) is 0 Å². The minimum absolute atomic E-state index is 0.0398. The summed E-state index contributed by atoms with van der Waals surface area (Å²) in [6, 6.07) is 13.0. The lowest BCUT2D eigenvalue weighted by atomic mass is 10.1. The van der Waals surface area contributed by atoms with Gasteiger partial charge in [-0.05, 0) is 78.3 Å². The maximum absolute atomic E-state index is 12.0. The zero-order valence-electron chi connectivity index (χ0n) is 24.0. The van der Waals surface area contributed by atoms with E-state index in [1.165, 1.54) is 12.1 Å². The number of Topliss-reactive ketones (excluding diaryl/α,β-unsaturated/α-hetero) is 1. The summed E-state index contributed by atoms with van der Waals surface area (Å²) in [6.07, 6.45) is -0.104. The molecule has 0 fully saturated rings. The molecule has 2 amide bonds. The molecular formula is C28H40N4O8. The minimum Gasteiger partial charge on any atom is -0.478 e. The maximum atomic E-state index is 12.0. The summed E-state index contributed by atoms with van der Waals surface area (Å²) in [5.41, 5.74) is 10.7. The number of ketones is 1. The first-order valence-electron chi connectivity index (χ1n) is 12.5. The van der Waals surface area contributed by atoms with Gasteiger partial charge in [-0.3, -0.25) is 15.6 Å². The summed E-state index contributed by atoms with van der Waals surface area (Å²) < 4.78 is 15.0. The second-order valence-electron chi connectivity index (χ2n) is 10.5. The highest BCUT2D eigenvalue weighted by Crippen LogP contribution is 2.13. The van der Waals surface area contributed by atoms with Gasteiger partial charge in [-0.1, -0.05) is 18.2 Å². The van der Waals surface area contributed by atoms with Gasteiger partial charge < -0.3 is 19.3 Å². The van der Waals surface area contributed by atoms with Gasteiger partial charge in [0.2, 0.25) is 0 Å². The first-order chi connectivity index (χ1) is 18.6. The Morgan fingerprint density at radius 2 is 1.20 bits per heavy atom. The number of amides is 2. The van der Waals surface area contributed by atoms with E-state index in [4.69, 9.17) is 19.3 Å². The fraction of sp³-hybridized carbons (Fsp3) is 0.429. The van der Waals surface area contributed by atoms with Crippen molar-refractivity contribution in [2.45, 2.75) is 65.6 Å². The molecule has 0 unspecified atom stereocenters. The van der Waals surface area contributed by atoms with Gasteiger partial charge in [-0.2, -0.15) is 0 Å². The molecule has 12 heteroatoms. The van der Waals surface area contributed by atoms with E-state index >= 15 is 0 Å². The number of benzene rings is 2. The maximum Gasteiger partial charge on any atom is 0.426 e. The van der Waals surface area contributed by atoms with Gasteiger partial charge in [0.05, 0.1) is 16.9 Å². The number of hydrazine groups is 2.